The first-order valence-electron chi connectivity index (χ1n) is 6.85. The third kappa shape index (κ3) is 3.11. The highest BCUT2D eigenvalue weighted by atomic mass is 79.9. The molecule has 110 valence electrons. The van der Waals surface area contributed by atoms with Gasteiger partial charge in [0.2, 0.25) is 0 Å². The number of carbonyl (C=O) groups excluding carboxylic acids is 1. The van der Waals surface area contributed by atoms with Crippen LogP contribution in [0.3, 0.4) is 0 Å². The maximum absolute atomic E-state index is 11.4. The highest BCUT2D eigenvalue weighted by Gasteiger charge is 2.20. The summed E-state index contributed by atoms with van der Waals surface area (Å²) >= 11 is 5.27. The van der Waals surface area contributed by atoms with Crippen molar-refractivity contribution in [3.8, 4) is 0 Å². The van der Waals surface area contributed by atoms with Crippen molar-refractivity contribution in [3.05, 3.63) is 39.8 Å². The largest absolute Gasteiger partial charge is 0.367 e. The Morgan fingerprint density at radius 2 is 1.95 bits per heavy atom. The second-order valence-corrected chi connectivity index (χ2v) is 6.74. The zero-order valence-corrected chi connectivity index (χ0v) is 14.2. The van der Waals surface area contributed by atoms with Crippen LogP contribution in [0.15, 0.2) is 34.2 Å². The van der Waals surface area contributed by atoms with Gasteiger partial charge in [-0.25, -0.2) is 4.98 Å². The van der Waals surface area contributed by atoms with Crippen molar-refractivity contribution in [2.24, 2.45) is 0 Å². The number of halogens is 1. The lowest BCUT2D eigenvalue weighted by atomic mass is 10.1. The second kappa shape index (κ2) is 6.15. The fraction of sp³-hybridized carbons (Fsp3) is 0.333. The van der Waals surface area contributed by atoms with Gasteiger partial charge in [0.15, 0.2) is 10.9 Å². The zero-order chi connectivity index (χ0) is 14.8. The SMILES string of the molecule is CC(=O)c1ccc(N2CCN(c3nccs3)CC2)c(Br)c1. The van der Waals surface area contributed by atoms with Crippen LogP contribution in [0.5, 0.6) is 0 Å². The summed E-state index contributed by atoms with van der Waals surface area (Å²) in [5.74, 6) is 0.0934. The van der Waals surface area contributed by atoms with Crippen molar-refractivity contribution in [2.75, 3.05) is 36.0 Å². The van der Waals surface area contributed by atoms with E-state index in [4.69, 9.17) is 0 Å². The maximum atomic E-state index is 11.4. The average molecular weight is 366 g/mol. The van der Waals surface area contributed by atoms with E-state index in [2.05, 4.69) is 30.7 Å². The minimum atomic E-state index is 0.0934. The van der Waals surface area contributed by atoms with Crippen molar-refractivity contribution in [2.45, 2.75) is 6.92 Å². The molecule has 0 spiro atoms. The molecule has 0 atom stereocenters. The van der Waals surface area contributed by atoms with Crippen molar-refractivity contribution in [1.82, 2.24) is 4.98 Å². The standard InChI is InChI=1S/C15H16BrN3OS/c1-11(20)12-2-3-14(13(16)10-12)18-5-7-19(8-6-18)15-17-4-9-21-15/h2-4,9-10H,5-8H2,1H3. The number of rotatable bonds is 3. The molecule has 1 aromatic carbocycles. The first-order chi connectivity index (χ1) is 10.1. The molecule has 0 unspecified atom stereocenters. The number of benzene rings is 1. The number of ketones is 1. The molecule has 2 aromatic rings. The maximum Gasteiger partial charge on any atom is 0.185 e. The van der Waals surface area contributed by atoms with Crippen LogP contribution in [0, 0.1) is 0 Å². The van der Waals surface area contributed by atoms with Gasteiger partial charge in [-0.2, -0.15) is 0 Å². The number of thiazole rings is 1. The van der Waals surface area contributed by atoms with E-state index < -0.39 is 0 Å². The highest BCUT2D eigenvalue weighted by molar-refractivity contribution is 9.10. The number of hydrogen-bond acceptors (Lipinski definition) is 5. The van der Waals surface area contributed by atoms with Gasteiger partial charge < -0.3 is 9.80 Å². The van der Waals surface area contributed by atoms with E-state index in [1.54, 1.807) is 18.3 Å². The van der Waals surface area contributed by atoms with Gasteiger partial charge in [-0.3, -0.25) is 4.79 Å². The Bertz CT molecular complexity index is 636. The number of carbonyl (C=O) groups is 1. The van der Waals surface area contributed by atoms with Crippen LogP contribution in [-0.2, 0) is 0 Å². The van der Waals surface area contributed by atoms with Gasteiger partial charge in [-0.1, -0.05) is 0 Å². The molecule has 1 saturated heterocycles. The monoisotopic (exact) mass is 365 g/mol. The number of nitrogens with zero attached hydrogens (tertiary/aromatic N) is 3. The summed E-state index contributed by atoms with van der Waals surface area (Å²) in [6, 6.07) is 5.83. The molecule has 0 saturated carbocycles. The molecule has 21 heavy (non-hydrogen) atoms. The Morgan fingerprint density at radius 3 is 2.52 bits per heavy atom. The molecular weight excluding hydrogens is 350 g/mol. The van der Waals surface area contributed by atoms with E-state index in [1.807, 2.05) is 29.8 Å². The quantitative estimate of drug-likeness (QED) is 0.780. The molecule has 0 amide bonds. The van der Waals surface area contributed by atoms with Crippen LogP contribution in [-0.4, -0.2) is 36.9 Å². The van der Waals surface area contributed by atoms with Crippen LogP contribution >= 0.6 is 27.3 Å². The Balaban J connectivity index is 1.71. The fourth-order valence-electron chi connectivity index (χ4n) is 2.49. The molecule has 1 aliphatic rings. The molecule has 0 radical (unpaired) electrons. The van der Waals surface area contributed by atoms with Gasteiger partial charge >= 0.3 is 0 Å². The third-order valence-corrected chi connectivity index (χ3v) is 5.13. The van der Waals surface area contributed by atoms with Crippen molar-refractivity contribution in [3.63, 3.8) is 0 Å². The summed E-state index contributed by atoms with van der Waals surface area (Å²) in [6.45, 7) is 5.44. The topological polar surface area (TPSA) is 36.4 Å². The van der Waals surface area contributed by atoms with Crippen LogP contribution < -0.4 is 9.80 Å². The summed E-state index contributed by atoms with van der Waals surface area (Å²) in [5, 5.41) is 3.11. The van der Waals surface area contributed by atoms with Crippen molar-refractivity contribution >= 4 is 43.9 Å². The van der Waals surface area contributed by atoms with Gasteiger partial charge in [0.05, 0.1) is 5.69 Å². The van der Waals surface area contributed by atoms with Crippen LogP contribution in [0.25, 0.3) is 0 Å². The van der Waals surface area contributed by atoms with E-state index in [1.165, 1.54) is 0 Å². The predicted octanol–water partition coefficient (Wildman–Crippen LogP) is 3.43. The molecule has 0 bridgehead atoms. The Hall–Kier alpha value is -1.40. The molecule has 1 aliphatic heterocycles. The van der Waals surface area contributed by atoms with Crippen LogP contribution in [0.2, 0.25) is 0 Å². The summed E-state index contributed by atoms with van der Waals surface area (Å²) < 4.78 is 0.984. The number of aromatic nitrogens is 1. The van der Waals surface area contributed by atoms with Crippen molar-refractivity contribution < 1.29 is 4.79 Å². The molecule has 0 N–H and O–H groups in total. The van der Waals surface area contributed by atoms with E-state index in [0.717, 1.165) is 47.0 Å². The Kier molecular flexibility index (Phi) is 4.26. The Morgan fingerprint density at radius 1 is 1.24 bits per heavy atom. The first kappa shape index (κ1) is 14.5. The van der Waals surface area contributed by atoms with Crippen LogP contribution in [0.1, 0.15) is 17.3 Å². The number of anilines is 2. The highest BCUT2D eigenvalue weighted by Crippen LogP contribution is 2.29. The molecule has 6 heteroatoms. The smallest absolute Gasteiger partial charge is 0.185 e. The van der Waals surface area contributed by atoms with E-state index in [0.29, 0.717) is 0 Å². The summed E-state index contributed by atoms with van der Waals surface area (Å²) in [4.78, 5) is 20.4. The molecule has 3 rings (SSSR count). The van der Waals surface area contributed by atoms with Gasteiger partial charge in [-0.05, 0) is 41.1 Å². The molecule has 2 heterocycles. The summed E-state index contributed by atoms with van der Waals surface area (Å²) in [6.07, 6.45) is 1.85. The molecular formula is C15H16BrN3OS. The molecule has 1 aromatic heterocycles. The summed E-state index contributed by atoms with van der Waals surface area (Å²) in [5.41, 5.74) is 1.89. The van der Waals surface area contributed by atoms with Gasteiger partial charge in [0, 0.05) is 47.8 Å². The molecule has 1 fully saturated rings. The number of Topliss-reactive ketones (excluding diaryl/α,β-unsaturated/α-hetero) is 1. The first-order valence-corrected chi connectivity index (χ1v) is 8.52. The normalized spacial score (nSPS) is 15.3. The fourth-order valence-corrected chi connectivity index (χ4v) is 3.82. The minimum Gasteiger partial charge on any atom is -0.367 e. The number of hydrogen-bond donors (Lipinski definition) is 0. The van der Waals surface area contributed by atoms with Gasteiger partial charge in [-0.15, -0.1) is 11.3 Å². The average Bonchev–Trinajstić information content (AvgIpc) is 3.01. The van der Waals surface area contributed by atoms with Crippen LogP contribution in [0.4, 0.5) is 10.8 Å². The van der Waals surface area contributed by atoms with Gasteiger partial charge in [0.1, 0.15) is 0 Å². The van der Waals surface area contributed by atoms with Gasteiger partial charge in [0.25, 0.3) is 0 Å². The second-order valence-electron chi connectivity index (χ2n) is 5.01. The Labute approximate surface area is 136 Å². The molecule has 4 nitrogen and oxygen atoms in total. The van der Waals surface area contributed by atoms with E-state index >= 15 is 0 Å². The van der Waals surface area contributed by atoms with E-state index in [-0.39, 0.29) is 5.78 Å². The molecule has 0 aliphatic carbocycles. The summed E-state index contributed by atoms with van der Waals surface area (Å²) in [7, 11) is 0. The number of piperazine rings is 1. The zero-order valence-electron chi connectivity index (χ0n) is 11.8. The lowest BCUT2D eigenvalue weighted by Crippen LogP contribution is -2.46. The van der Waals surface area contributed by atoms with Crippen molar-refractivity contribution in [1.29, 1.82) is 0 Å². The third-order valence-electron chi connectivity index (χ3n) is 3.66. The van der Waals surface area contributed by atoms with E-state index in [9.17, 15) is 4.79 Å². The predicted molar refractivity (Wildman–Crippen MR) is 90.7 cm³/mol. The minimum absolute atomic E-state index is 0.0934. The lowest BCUT2D eigenvalue weighted by Gasteiger charge is -2.36. The lowest BCUT2D eigenvalue weighted by molar-refractivity contribution is 0.101.